The number of nitrogens with zero attached hydrogens (tertiary/aromatic N) is 4. The van der Waals surface area contributed by atoms with Crippen LogP contribution in [0.1, 0.15) is 0 Å². The van der Waals surface area contributed by atoms with E-state index in [1.165, 1.54) is 11.8 Å². The molecule has 1 aromatic heterocycles. The normalized spacial score (nSPS) is 14.7. The number of hydrogen-bond acceptors (Lipinski definition) is 9. The summed E-state index contributed by atoms with van der Waals surface area (Å²) in [6, 6.07) is 15.4. The van der Waals surface area contributed by atoms with Crippen LogP contribution in [0, 0.1) is 0 Å². The van der Waals surface area contributed by atoms with Crippen LogP contribution in [-0.2, 0) is 4.79 Å². The first kappa shape index (κ1) is 22.1. The van der Waals surface area contributed by atoms with E-state index in [0.29, 0.717) is 22.3 Å². The van der Waals surface area contributed by atoms with Gasteiger partial charge in [-0.1, -0.05) is 17.8 Å². The Bertz CT molecular complexity index is 1170. The minimum absolute atomic E-state index is 0.134. The Labute approximate surface area is 202 Å². The smallest absolute Gasteiger partial charge is 0.234 e. The number of thioether (sulfide) groups is 1. The van der Waals surface area contributed by atoms with Gasteiger partial charge >= 0.3 is 0 Å². The van der Waals surface area contributed by atoms with Crippen molar-refractivity contribution in [1.29, 1.82) is 0 Å². The molecule has 0 atom stereocenters. The molecule has 9 nitrogen and oxygen atoms in total. The maximum absolute atomic E-state index is 12.4. The molecule has 2 aliphatic rings. The summed E-state index contributed by atoms with van der Waals surface area (Å²) in [7, 11) is 1.68. The van der Waals surface area contributed by atoms with Gasteiger partial charge in [0.05, 0.1) is 12.9 Å². The first-order chi connectivity index (χ1) is 16.7. The van der Waals surface area contributed by atoms with Crippen molar-refractivity contribution in [2.45, 2.75) is 5.16 Å². The van der Waals surface area contributed by atoms with Crippen LogP contribution in [0.15, 0.2) is 59.9 Å². The topological polar surface area (TPSA) is 89.1 Å². The zero-order chi connectivity index (χ0) is 23.3. The van der Waals surface area contributed by atoms with Gasteiger partial charge in [0.1, 0.15) is 11.6 Å². The summed E-state index contributed by atoms with van der Waals surface area (Å²) in [6.45, 7) is 3.67. The predicted molar refractivity (Wildman–Crippen MR) is 131 cm³/mol. The fraction of sp³-hybridized carbons (Fsp3) is 0.292. The lowest BCUT2D eigenvalue weighted by Gasteiger charge is -2.36. The average Bonchev–Trinajstić information content (AvgIpc) is 3.36. The van der Waals surface area contributed by atoms with Crippen molar-refractivity contribution in [2.24, 2.45) is 0 Å². The van der Waals surface area contributed by atoms with Crippen LogP contribution in [0.2, 0.25) is 0 Å². The Morgan fingerprint density at radius 3 is 2.74 bits per heavy atom. The van der Waals surface area contributed by atoms with E-state index in [4.69, 9.17) is 14.2 Å². The van der Waals surface area contributed by atoms with Crippen molar-refractivity contribution in [1.82, 2.24) is 9.97 Å². The predicted octanol–water partition coefficient (Wildman–Crippen LogP) is 3.27. The van der Waals surface area contributed by atoms with Gasteiger partial charge in [-0.15, -0.1) is 0 Å². The Morgan fingerprint density at radius 1 is 1.06 bits per heavy atom. The molecule has 10 heteroatoms. The average molecular weight is 480 g/mol. The van der Waals surface area contributed by atoms with Crippen LogP contribution in [0.25, 0.3) is 0 Å². The molecule has 0 radical (unpaired) electrons. The largest absolute Gasteiger partial charge is 0.497 e. The lowest BCUT2D eigenvalue weighted by atomic mass is 10.2. The summed E-state index contributed by atoms with van der Waals surface area (Å²) in [5.41, 5.74) is 1.82. The van der Waals surface area contributed by atoms with Gasteiger partial charge in [-0.25, -0.2) is 9.97 Å². The molecule has 0 saturated carbocycles. The fourth-order valence-corrected chi connectivity index (χ4v) is 4.51. The maximum Gasteiger partial charge on any atom is 0.234 e. The number of carbonyl (C=O) groups is 1. The molecule has 1 saturated heterocycles. The summed E-state index contributed by atoms with van der Waals surface area (Å²) in [5, 5.41) is 3.45. The molecule has 2 aliphatic heterocycles. The molecule has 0 bridgehead atoms. The van der Waals surface area contributed by atoms with Crippen LogP contribution >= 0.6 is 11.8 Å². The van der Waals surface area contributed by atoms with Gasteiger partial charge in [-0.05, 0) is 30.3 Å². The van der Waals surface area contributed by atoms with Crippen molar-refractivity contribution >= 4 is 34.9 Å². The number of nitrogens with one attached hydrogen (secondary N) is 1. The summed E-state index contributed by atoms with van der Waals surface area (Å²) >= 11 is 1.31. The zero-order valence-electron chi connectivity index (χ0n) is 18.8. The minimum Gasteiger partial charge on any atom is -0.497 e. The quantitative estimate of drug-likeness (QED) is 0.405. The molecule has 1 N–H and O–H groups in total. The number of carbonyl (C=O) groups excluding carboxylic acids is 1. The highest BCUT2D eigenvalue weighted by Crippen LogP contribution is 2.34. The van der Waals surface area contributed by atoms with Gasteiger partial charge in [-0.2, -0.15) is 0 Å². The summed E-state index contributed by atoms with van der Waals surface area (Å²) in [4.78, 5) is 26.0. The standard InChI is InChI=1S/C24H25N5O4S/c1-31-19-4-2-3-18(14-19)28-9-11-29(12-10-28)22-7-8-25-24(27-22)34-15-23(30)26-17-5-6-20-21(13-17)33-16-32-20/h2-8,13-14H,9-12,15-16H2,1H3,(H,26,30). The van der Waals surface area contributed by atoms with Gasteiger partial charge in [0.2, 0.25) is 12.7 Å². The highest BCUT2D eigenvalue weighted by Gasteiger charge is 2.20. The molecule has 1 fully saturated rings. The van der Waals surface area contributed by atoms with E-state index in [-0.39, 0.29) is 18.5 Å². The van der Waals surface area contributed by atoms with Gasteiger partial charge in [-0.3, -0.25) is 4.79 Å². The van der Waals surface area contributed by atoms with Gasteiger partial charge < -0.3 is 29.3 Å². The second-order valence-electron chi connectivity index (χ2n) is 7.78. The molecule has 176 valence electrons. The Kier molecular flexibility index (Phi) is 6.57. The molecule has 34 heavy (non-hydrogen) atoms. The molecule has 0 aliphatic carbocycles. The third kappa shape index (κ3) is 5.12. The number of methoxy groups -OCH3 is 1. The molecule has 3 aromatic rings. The first-order valence-corrected chi connectivity index (χ1v) is 12.0. The number of anilines is 3. The lowest BCUT2D eigenvalue weighted by molar-refractivity contribution is -0.113. The third-order valence-corrected chi connectivity index (χ3v) is 6.49. The second kappa shape index (κ2) is 10.1. The maximum atomic E-state index is 12.4. The van der Waals surface area contributed by atoms with Crippen LogP contribution < -0.4 is 29.3 Å². The number of fused-ring (bicyclic) bond motifs is 1. The molecular formula is C24H25N5O4S. The third-order valence-electron chi connectivity index (χ3n) is 5.63. The van der Waals surface area contributed by atoms with E-state index in [1.54, 1.807) is 31.5 Å². The number of piperazine rings is 1. The Balaban J connectivity index is 1.14. The number of rotatable bonds is 7. The minimum atomic E-state index is -0.134. The molecule has 3 heterocycles. The van der Waals surface area contributed by atoms with Crippen molar-refractivity contribution in [3.63, 3.8) is 0 Å². The van der Waals surface area contributed by atoms with Gasteiger partial charge in [0.15, 0.2) is 16.7 Å². The molecular weight excluding hydrogens is 454 g/mol. The van der Waals surface area contributed by atoms with Crippen LogP contribution in [0.3, 0.4) is 0 Å². The zero-order valence-corrected chi connectivity index (χ0v) is 19.6. The number of aromatic nitrogens is 2. The number of benzene rings is 2. The molecule has 0 unspecified atom stereocenters. The number of amides is 1. The van der Waals surface area contributed by atoms with E-state index >= 15 is 0 Å². The van der Waals surface area contributed by atoms with Gasteiger partial charge in [0.25, 0.3) is 0 Å². The van der Waals surface area contributed by atoms with Crippen molar-refractivity contribution in [3.8, 4) is 17.2 Å². The van der Waals surface area contributed by atoms with Crippen LogP contribution in [-0.4, -0.2) is 61.7 Å². The second-order valence-corrected chi connectivity index (χ2v) is 8.72. The molecule has 0 spiro atoms. The van der Waals surface area contributed by atoms with Crippen LogP contribution in [0.5, 0.6) is 17.2 Å². The monoisotopic (exact) mass is 479 g/mol. The summed E-state index contributed by atoms with van der Waals surface area (Å²) in [5.74, 6) is 3.13. The van der Waals surface area contributed by atoms with E-state index in [9.17, 15) is 4.79 Å². The van der Waals surface area contributed by atoms with Crippen molar-refractivity contribution in [2.75, 3.05) is 61.0 Å². The number of hydrogen-bond donors (Lipinski definition) is 1. The van der Waals surface area contributed by atoms with E-state index < -0.39 is 0 Å². The summed E-state index contributed by atoms with van der Waals surface area (Å²) in [6.07, 6.45) is 1.74. The number of ether oxygens (including phenoxy) is 3. The van der Waals surface area contributed by atoms with E-state index in [2.05, 4.69) is 37.2 Å². The summed E-state index contributed by atoms with van der Waals surface area (Å²) < 4.78 is 16.0. The van der Waals surface area contributed by atoms with Crippen molar-refractivity contribution in [3.05, 3.63) is 54.7 Å². The Morgan fingerprint density at radius 2 is 1.88 bits per heavy atom. The lowest BCUT2D eigenvalue weighted by Crippen LogP contribution is -2.46. The van der Waals surface area contributed by atoms with E-state index in [0.717, 1.165) is 43.4 Å². The fourth-order valence-electron chi connectivity index (χ4n) is 3.88. The van der Waals surface area contributed by atoms with E-state index in [1.807, 2.05) is 18.2 Å². The molecule has 2 aromatic carbocycles. The Hall–Kier alpha value is -3.66. The van der Waals surface area contributed by atoms with Crippen molar-refractivity contribution < 1.29 is 19.0 Å². The van der Waals surface area contributed by atoms with Gasteiger partial charge in [0, 0.05) is 55.9 Å². The highest BCUT2D eigenvalue weighted by molar-refractivity contribution is 7.99. The highest BCUT2D eigenvalue weighted by atomic mass is 32.2. The molecule has 1 amide bonds. The SMILES string of the molecule is COc1cccc(N2CCN(c3ccnc(SCC(=O)Nc4ccc5c(c4)OCO5)n3)CC2)c1. The van der Waals surface area contributed by atoms with Crippen LogP contribution in [0.4, 0.5) is 17.2 Å². The molecule has 5 rings (SSSR count). The first-order valence-electron chi connectivity index (χ1n) is 11.0.